The van der Waals surface area contributed by atoms with Crippen LogP contribution in [0.15, 0.2) is 29.2 Å². The molecule has 0 heterocycles. The number of rotatable bonds is 6. The van der Waals surface area contributed by atoms with Crippen molar-refractivity contribution in [3.05, 3.63) is 29.8 Å². The number of nitrogens with one attached hydrogen (secondary N) is 1. The molecular formula is C16H20N2O4S. The molecule has 2 atom stereocenters. The molecule has 0 aromatic heterocycles. The van der Waals surface area contributed by atoms with Crippen LogP contribution in [-0.4, -0.2) is 34.5 Å². The molecule has 0 aliphatic heterocycles. The summed E-state index contributed by atoms with van der Waals surface area (Å²) >= 11 is 0. The Morgan fingerprint density at radius 3 is 2.52 bits per heavy atom. The average Bonchev–Trinajstić information content (AvgIpc) is 2.52. The number of amides is 1. The van der Waals surface area contributed by atoms with Gasteiger partial charge in [-0.15, -0.1) is 0 Å². The van der Waals surface area contributed by atoms with Gasteiger partial charge in [0.15, 0.2) is 6.61 Å². The third-order valence-electron chi connectivity index (χ3n) is 3.54. The van der Waals surface area contributed by atoms with E-state index in [0.717, 1.165) is 0 Å². The van der Waals surface area contributed by atoms with Crippen LogP contribution in [0, 0.1) is 17.2 Å². The Kier molecular flexibility index (Phi) is 6.46. The van der Waals surface area contributed by atoms with E-state index in [4.69, 9.17) is 10.00 Å². The second-order valence-electron chi connectivity index (χ2n) is 5.54. The Morgan fingerprint density at radius 2 is 2.00 bits per heavy atom. The number of nitrogens with zero attached hydrogens (tertiary/aromatic N) is 1. The van der Waals surface area contributed by atoms with Gasteiger partial charge in [-0.1, -0.05) is 26.0 Å². The summed E-state index contributed by atoms with van der Waals surface area (Å²) in [6.07, 6.45) is 1.46. The van der Waals surface area contributed by atoms with E-state index in [1.54, 1.807) is 25.1 Å². The van der Waals surface area contributed by atoms with E-state index >= 15 is 0 Å². The molecule has 1 rings (SSSR count). The van der Waals surface area contributed by atoms with Crippen molar-refractivity contribution in [2.75, 3.05) is 12.9 Å². The zero-order chi connectivity index (χ0) is 17.6. The minimum absolute atomic E-state index is 0.101. The molecule has 1 aromatic carbocycles. The van der Waals surface area contributed by atoms with Crippen molar-refractivity contribution in [1.29, 1.82) is 5.26 Å². The highest BCUT2D eigenvalue weighted by Gasteiger charge is 2.30. The first-order valence-corrected chi connectivity index (χ1v) is 8.59. The summed E-state index contributed by atoms with van der Waals surface area (Å²) in [6, 6.07) is 8.39. The summed E-state index contributed by atoms with van der Waals surface area (Å²) in [5, 5.41) is 11.7. The van der Waals surface area contributed by atoms with Crippen LogP contribution in [0.2, 0.25) is 0 Å². The number of hydrogen-bond acceptors (Lipinski definition) is 5. The molecule has 0 aliphatic rings. The van der Waals surface area contributed by atoms with Gasteiger partial charge in [0, 0.05) is 6.26 Å². The molecule has 0 radical (unpaired) electrons. The second kappa shape index (κ2) is 7.88. The molecule has 1 amide bonds. The molecule has 0 bridgehead atoms. The molecule has 124 valence electrons. The van der Waals surface area contributed by atoms with E-state index in [1.165, 1.54) is 12.3 Å². The van der Waals surface area contributed by atoms with Crippen LogP contribution in [0.25, 0.3) is 0 Å². The van der Waals surface area contributed by atoms with Crippen LogP contribution in [0.5, 0.6) is 0 Å². The number of nitriles is 1. The molecule has 1 N–H and O–H groups in total. The lowest BCUT2D eigenvalue weighted by Gasteiger charge is -2.27. The largest absolute Gasteiger partial charge is 0.452 e. The fourth-order valence-electron chi connectivity index (χ4n) is 1.72. The fourth-order valence-corrected chi connectivity index (χ4v) is 2.45. The first-order chi connectivity index (χ1) is 10.7. The van der Waals surface area contributed by atoms with Crippen LogP contribution in [0.1, 0.15) is 31.1 Å². The third kappa shape index (κ3) is 4.89. The lowest BCUT2D eigenvalue weighted by molar-refractivity contribution is -0.125. The van der Waals surface area contributed by atoms with Crippen molar-refractivity contribution in [2.24, 2.45) is 5.92 Å². The van der Waals surface area contributed by atoms with Gasteiger partial charge >= 0.3 is 5.97 Å². The monoisotopic (exact) mass is 336 g/mol. The topological polar surface area (TPSA) is 96.3 Å². The van der Waals surface area contributed by atoms with E-state index in [9.17, 15) is 13.8 Å². The maximum Gasteiger partial charge on any atom is 0.339 e. The van der Waals surface area contributed by atoms with Crippen LogP contribution in [0.4, 0.5) is 0 Å². The zero-order valence-corrected chi connectivity index (χ0v) is 14.4. The number of esters is 1. The SMILES string of the molecule is CC(C)[C@@](C)(C#N)NC(=O)COC(=O)c1ccccc1[S@@](C)=O. The predicted octanol–water partition coefficient (Wildman–Crippen LogP) is 1.64. The highest BCUT2D eigenvalue weighted by atomic mass is 32.2. The summed E-state index contributed by atoms with van der Waals surface area (Å²) in [5.41, 5.74) is -0.875. The van der Waals surface area contributed by atoms with Gasteiger partial charge in [-0.2, -0.15) is 5.26 Å². The fraction of sp³-hybridized carbons (Fsp3) is 0.438. The molecule has 0 aliphatic carbocycles. The highest BCUT2D eigenvalue weighted by molar-refractivity contribution is 7.84. The van der Waals surface area contributed by atoms with Gasteiger partial charge in [0.25, 0.3) is 5.91 Å². The van der Waals surface area contributed by atoms with Crippen molar-refractivity contribution >= 4 is 22.7 Å². The maximum atomic E-state index is 12.0. The standard InChI is InChI=1S/C16H20N2O4S/c1-11(2)16(3,10-17)18-14(19)9-22-15(20)12-7-5-6-8-13(12)23(4)21/h5-8,11H,9H2,1-4H3,(H,18,19)/t16-,23-/m1/s1. The van der Waals surface area contributed by atoms with E-state index < -0.39 is 34.8 Å². The van der Waals surface area contributed by atoms with Crippen molar-refractivity contribution < 1.29 is 18.5 Å². The summed E-state index contributed by atoms with van der Waals surface area (Å²) in [4.78, 5) is 24.3. The first-order valence-electron chi connectivity index (χ1n) is 7.03. The number of ether oxygens (including phenoxy) is 1. The molecule has 0 fully saturated rings. The molecule has 23 heavy (non-hydrogen) atoms. The summed E-state index contributed by atoms with van der Waals surface area (Å²) in [7, 11) is -1.34. The van der Waals surface area contributed by atoms with Gasteiger partial charge in [0.1, 0.15) is 5.54 Å². The Balaban J connectivity index is 2.73. The summed E-state index contributed by atoms with van der Waals surface area (Å²) in [6.45, 7) is 4.71. The van der Waals surface area contributed by atoms with Gasteiger partial charge in [0.05, 0.1) is 27.3 Å². The van der Waals surface area contributed by atoms with Crippen LogP contribution < -0.4 is 5.32 Å². The lowest BCUT2D eigenvalue weighted by Crippen LogP contribution is -2.50. The Bertz CT molecular complexity index is 666. The number of hydrogen-bond donors (Lipinski definition) is 1. The Labute approximate surface area is 138 Å². The second-order valence-corrected chi connectivity index (χ2v) is 6.89. The minimum atomic E-state index is -1.34. The quantitative estimate of drug-likeness (QED) is 0.797. The van der Waals surface area contributed by atoms with Gasteiger partial charge in [-0.25, -0.2) is 4.79 Å². The van der Waals surface area contributed by atoms with E-state index in [-0.39, 0.29) is 11.5 Å². The van der Waals surface area contributed by atoms with Gasteiger partial charge in [-0.05, 0) is 25.0 Å². The van der Waals surface area contributed by atoms with Crippen LogP contribution in [0.3, 0.4) is 0 Å². The molecule has 0 spiro atoms. The first kappa shape index (κ1) is 18.8. The smallest absolute Gasteiger partial charge is 0.339 e. The highest BCUT2D eigenvalue weighted by Crippen LogP contribution is 2.16. The van der Waals surface area contributed by atoms with Crippen LogP contribution in [-0.2, 0) is 20.3 Å². The summed E-state index contributed by atoms with van der Waals surface area (Å²) < 4.78 is 16.6. The third-order valence-corrected chi connectivity index (χ3v) is 4.51. The van der Waals surface area contributed by atoms with Crippen molar-refractivity contribution in [1.82, 2.24) is 5.32 Å². The van der Waals surface area contributed by atoms with Crippen molar-refractivity contribution in [3.63, 3.8) is 0 Å². The predicted molar refractivity (Wildman–Crippen MR) is 86.1 cm³/mol. The van der Waals surface area contributed by atoms with Crippen LogP contribution >= 0.6 is 0 Å². The van der Waals surface area contributed by atoms with Crippen molar-refractivity contribution in [3.8, 4) is 6.07 Å². The number of carbonyl (C=O) groups excluding carboxylic acids is 2. The zero-order valence-electron chi connectivity index (χ0n) is 13.6. The molecule has 0 saturated carbocycles. The van der Waals surface area contributed by atoms with Gasteiger partial charge in [0.2, 0.25) is 0 Å². The Hall–Kier alpha value is -2.20. The number of benzene rings is 1. The molecule has 7 heteroatoms. The molecule has 0 saturated heterocycles. The van der Waals surface area contributed by atoms with E-state index in [1.807, 2.05) is 19.9 Å². The minimum Gasteiger partial charge on any atom is -0.452 e. The molecule has 0 unspecified atom stereocenters. The van der Waals surface area contributed by atoms with Crippen molar-refractivity contribution in [2.45, 2.75) is 31.2 Å². The maximum absolute atomic E-state index is 12.0. The molecule has 1 aromatic rings. The summed E-state index contributed by atoms with van der Waals surface area (Å²) in [5.74, 6) is -1.39. The molecule has 6 nitrogen and oxygen atoms in total. The van der Waals surface area contributed by atoms with E-state index in [0.29, 0.717) is 4.90 Å². The average molecular weight is 336 g/mol. The lowest BCUT2D eigenvalue weighted by atomic mass is 9.90. The normalized spacial score (nSPS) is 14.4. The number of carbonyl (C=O) groups is 2. The molecular weight excluding hydrogens is 316 g/mol. The Morgan fingerprint density at radius 1 is 1.39 bits per heavy atom. The van der Waals surface area contributed by atoms with Gasteiger partial charge < -0.3 is 10.1 Å². The van der Waals surface area contributed by atoms with Gasteiger partial charge in [-0.3, -0.25) is 9.00 Å². The van der Waals surface area contributed by atoms with E-state index in [2.05, 4.69) is 5.32 Å².